The number of amides is 1. The van der Waals surface area contributed by atoms with Crippen LogP contribution in [0.3, 0.4) is 0 Å². The number of aromatic amines is 1. The Bertz CT molecular complexity index is 1140. The summed E-state index contributed by atoms with van der Waals surface area (Å²) >= 11 is 6.62. The number of H-pyrrole nitrogens is 1. The molecule has 1 aliphatic heterocycles. The number of carbonyl (C=O) groups excluding carboxylic acids is 1. The zero-order valence-electron chi connectivity index (χ0n) is 18.4. The SMILES string of the molecule is CC(C)(C)OC(=O)N1CCc2ccc(-c3c([Si](C)(C)C)[nH]c4nccc(Cl)c34)cc21. The fourth-order valence-corrected chi connectivity index (χ4v) is 5.72. The number of nitrogens with one attached hydrogen (secondary N) is 1. The van der Waals surface area contributed by atoms with Crippen molar-refractivity contribution in [2.24, 2.45) is 0 Å². The summed E-state index contributed by atoms with van der Waals surface area (Å²) < 4.78 is 5.63. The summed E-state index contributed by atoms with van der Waals surface area (Å²) in [6.07, 6.45) is 2.25. The molecular formula is C23H28ClN3O2Si. The number of benzene rings is 1. The van der Waals surface area contributed by atoms with Gasteiger partial charge in [0.25, 0.3) is 0 Å². The van der Waals surface area contributed by atoms with Gasteiger partial charge in [0.05, 0.1) is 18.8 Å². The molecule has 3 heterocycles. The minimum atomic E-state index is -1.72. The van der Waals surface area contributed by atoms with Gasteiger partial charge in [0.1, 0.15) is 11.2 Å². The molecule has 0 unspecified atom stereocenters. The summed E-state index contributed by atoms with van der Waals surface area (Å²) in [7, 11) is -1.72. The van der Waals surface area contributed by atoms with E-state index in [1.165, 1.54) is 5.32 Å². The van der Waals surface area contributed by atoms with Crippen molar-refractivity contribution in [2.45, 2.75) is 52.4 Å². The predicted molar refractivity (Wildman–Crippen MR) is 127 cm³/mol. The molecule has 0 atom stereocenters. The van der Waals surface area contributed by atoms with Crippen LogP contribution in [0.2, 0.25) is 24.7 Å². The van der Waals surface area contributed by atoms with Crippen molar-refractivity contribution in [1.82, 2.24) is 9.97 Å². The van der Waals surface area contributed by atoms with Gasteiger partial charge in [0.2, 0.25) is 0 Å². The quantitative estimate of drug-likeness (QED) is 0.517. The van der Waals surface area contributed by atoms with Crippen LogP contribution in [-0.4, -0.2) is 36.3 Å². The van der Waals surface area contributed by atoms with Crippen molar-refractivity contribution in [3.05, 3.63) is 41.0 Å². The van der Waals surface area contributed by atoms with Crippen LogP contribution in [0.25, 0.3) is 22.2 Å². The van der Waals surface area contributed by atoms with Crippen molar-refractivity contribution in [1.29, 1.82) is 0 Å². The van der Waals surface area contributed by atoms with Crippen molar-refractivity contribution in [3.63, 3.8) is 0 Å². The number of hydrogen-bond acceptors (Lipinski definition) is 3. The molecule has 0 bridgehead atoms. The third-order valence-electron chi connectivity index (χ3n) is 5.28. The van der Waals surface area contributed by atoms with E-state index in [2.05, 4.69) is 47.8 Å². The Morgan fingerprint density at radius 1 is 1.23 bits per heavy atom. The summed E-state index contributed by atoms with van der Waals surface area (Å²) in [5.74, 6) is 0. The Balaban J connectivity index is 1.87. The number of rotatable bonds is 2. The topological polar surface area (TPSA) is 58.2 Å². The zero-order valence-corrected chi connectivity index (χ0v) is 20.1. The lowest BCUT2D eigenvalue weighted by Crippen LogP contribution is -2.40. The molecule has 1 amide bonds. The van der Waals surface area contributed by atoms with Crippen LogP contribution in [0.15, 0.2) is 30.5 Å². The smallest absolute Gasteiger partial charge is 0.414 e. The van der Waals surface area contributed by atoms with Crippen molar-refractivity contribution in [2.75, 3.05) is 11.4 Å². The van der Waals surface area contributed by atoms with E-state index in [1.807, 2.05) is 26.8 Å². The first-order valence-electron chi connectivity index (χ1n) is 10.3. The van der Waals surface area contributed by atoms with Crippen molar-refractivity contribution in [3.8, 4) is 11.1 Å². The number of anilines is 1. The van der Waals surface area contributed by atoms with Gasteiger partial charge in [-0.25, -0.2) is 9.78 Å². The van der Waals surface area contributed by atoms with E-state index in [0.29, 0.717) is 11.6 Å². The fourth-order valence-electron chi connectivity index (χ4n) is 3.97. The van der Waals surface area contributed by atoms with E-state index >= 15 is 0 Å². The normalized spacial score (nSPS) is 14.3. The Labute approximate surface area is 183 Å². The second-order valence-corrected chi connectivity index (χ2v) is 15.3. The molecule has 1 aliphatic rings. The van der Waals surface area contributed by atoms with Crippen LogP contribution in [-0.2, 0) is 11.2 Å². The maximum atomic E-state index is 12.8. The largest absolute Gasteiger partial charge is 0.443 e. The summed E-state index contributed by atoms with van der Waals surface area (Å²) in [6.45, 7) is 13.2. The third kappa shape index (κ3) is 3.74. The standard InChI is InChI=1S/C23H28ClN3O2Si/c1-23(2,3)29-22(28)27-12-10-14-7-8-15(13-17(14)27)18-19-16(24)9-11-25-20(19)26-21(18)30(4,5)6/h7-9,11,13H,10,12H2,1-6H3,(H,25,26). The van der Waals surface area contributed by atoms with Gasteiger partial charge < -0.3 is 9.72 Å². The lowest BCUT2D eigenvalue weighted by molar-refractivity contribution is 0.0584. The third-order valence-corrected chi connectivity index (χ3v) is 7.47. The Kier molecular flexibility index (Phi) is 4.98. The maximum Gasteiger partial charge on any atom is 0.414 e. The van der Waals surface area contributed by atoms with Gasteiger partial charge in [-0.2, -0.15) is 0 Å². The first-order valence-corrected chi connectivity index (χ1v) is 14.1. The van der Waals surface area contributed by atoms with Crippen molar-refractivity contribution >= 4 is 47.8 Å². The number of fused-ring (bicyclic) bond motifs is 2. The average Bonchev–Trinajstić information content (AvgIpc) is 3.21. The molecule has 1 N–H and O–H groups in total. The highest BCUT2D eigenvalue weighted by Crippen LogP contribution is 2.38. The highest BCUT2D eigenvalue weighted by Gasteiger charge is 2.31. The molecule has 0 aliphatic carbocycles. The fraction of sp³-hybridized carbons (Fsp3) is 0.391. The molecule has 158 valence electrons. The van der Waals surface area contributed by atoms with E-state index in [-0.39, 0.29) is 6.09 Å². The molecule has 2 aromatic heterocycles. The van der Waals surface area contributed by atoms with E-state index < -0.39 is 13.7 Å². The molecule has 5 nitrogen and oxygen atoms in total. The number of hydrogen-bond donors (Lipinski definition) is 1. The van der Waals surface area contributed by atoms with Gasteiger partial charge in [0.15, 0.2) is 0 Å². The van der Waals surface area contributed by atoms with Crippen LogP contribution in [0.4, 0.5) is 10.5 Å². The van der Waals surface area contributed by atoms with Crippen LogP contribution in [0.5, 0.6) is 0 Å². The van der Waals surface area contributed by atoms with E-state index in [9.17, 15) is 4.79 Å². The lowest BCUT2D eigenvalue weighted by Gasteiger charge is -2.25. The van der Waals surface area contributed by atoms with E-state index in [1.54, 1.807) is 11.1 Å². The zero-order chi connectivity index (χ0) is 21.8. The van der Waals surface area contributed by atoms with Gasteiger partial charge in [-0.1, -0.05) is 43.4 Å². The van der Waals surface area contributed by atoms with Gasteiger partial charge in [-0.15, -0.1) is 0 Å². The molecule has 30 heavy (non-hydrogen) atoms. The minimum Gasteiger partial charge on any atom is -0.443 e. The summed E-state index contributed by atoms with van der Waals surface area (Å²) in [5, 5.41) is 2.83. The maximum absolute atomic E-state index is 12.8. The van der Waals surface area contributed by atoms with E-state index in [0.717, 1.165) is 39.8 Å². The number of ether oxygens (including phenoxy) is 1. The second-order valence-electron chi connectivity index (χ2n) is 9.87. The number of aromatic nitrogens is 2. The first kappa shape index (κ1) is 20.9. The molecular weight excluding hydrogens is 414 g/mol. The Morgan fingerprint density at radius 3 is 2.63 bits per heavy atom. The Morgan fingerprint density at radius 2 is 1.97 bits per heavy atom. The van der Waals surface area contributed by atoms with Crippen molar-refractivity contribution < 1.29 is 9.53 Å². The minimum absolute atomic E-state index is 0.303. The summed E-state index contributed by atoms with van der Waals surface area (Å²) in [4.78, 5) is 22.6. The van der Waals surface area contributed by atoms with Gasteiger partial charge >= 0.3 is 6.09 Å². The number of halogens is 1. The molecule has 3 aromatic rings. The van der Waals surface area contributed by atoms with Crippen LogP contribution in [0.1, 0.15) is 26.3 Å². The van der Waals surface area contributed by atoms with Crippen LogP contribution in [0, 0.1) is 0 Å². The van der Waals surface area contributed by atoms with Crippen LogP contribution >= 0.6 is 11.6 Å². The molecule has 0 spiro atoms. The molecule has 7 heteroatoms. The second kappa shape index (κ2) is 7.13. The van der Waals surface area contributed by atoms with E-state index in [4.69, 9.17) is 16.3 Å². The first-order chi connectivity index (χ1) is 14.0. The number of carbonyl (C=O) groups is 1. The highest BCUT2D eigenvalue weighted by molar-refractivity contribution is 6.89. The summed E-state index contributed by atoms with van der Waals surface area (Å²) in [5.41, 5.74) is 4.49. The van der Waals surface area contributed by atoms with Crippen LogP contribution < -0.4 is 10.2 Å². The monoisotopic (exact) mass is 441 g/mol. The molecule has 0 saturated carbocycles. The number of nitrogens with zero attached hydrogens (tertiary/aromatic N) is 2. The average molecular weight is 442 g/mol. The lowest BCUT2D eigenvalue weighted by atomic mass is 10.0. The molecule has 0 fully saturated rings. The molecule has 0 radical (unpaired) electrons. The predicted octanol–water partition coefficient (Wildman–Crippen LogP) is 5.73. The van der Waals surface area contributed by atoms with Gasteiger partial charge in [-0.3, -0.25) is 4.90 Å². The summed E-state index contributed by atoms with van der Waals surface area (Å²) in [6, 6.07) is 8.18. The van der Waals surface area contributed by atoms with Gasteiger partial charge in [0, 0.05) is 29.0 Å². The highest BCUT2D eigenvalue weighted by atomic mass is 35.5. The molecule has 4 rings (SSSR count). The van der Waals surface area contributed by atoms with Gasteiger partial charge in [-0.05, 0) is 50.5 Å². The Hall–Kier alpha value is -2.31. The molecule has 1 aromatic carbocycles. The number of pyridine rings is 1. The molecule has 0 saturated heterocycles.